The molecule has 0 aromatic rings. The van der Waals surface area contributed by atoms with Crippen LogP contribution in [0.5, 0.6) is 0 Å². The summed E-state index contributed by atoms with van der Waals surface area (Å²) in [6.07, 6.45) is 6.49. The van der Waals surface area contributed by atoms with Gasteiger partial charge in [-0.3, -0.25) is 4.79 Å². The lowest BCUT2D eigenvalue weighted by molar-refractivity contribution is -0.135. The van der Waals surface area contributed by atoms with Crippen molar-refractivity contribution in [3.05, 3.63) is 0 Å². The van der Waals surface area contributed by atoms with Crippen molar-refractivity contribution in [2.75, 3.05) is 26.2 Å². The average Bonchev–Trinajstić information content (AvgIpc) is 2.73. The first-order valence-corrected chi connectivity index (χ1v) is 7.72. The lowest BCUT2D eigenvalue weighted by Crippen LogP contribution is -2.51. The normalized spacial score (nSPS) is 27.7. The summed E-state index contributed by atoms with van der Waals surface area (Å²) in [5.41, 5.74) is 5.10. The standard InChI is InChI=1S/C14H26N4O2/c15-14(20)17-9-11-5-4-8-18(10-11)13(19)12-6-2-1-3-7-16-12/h11-12,16H,1-10H2,(H3,15,17,20). The molecule has 3 amide bonds. The van der Waals surface area contributed by atoms with Crippen LogP contribution >= 0.6 is 0 Å². The van der Waals surface area contributed by atoms with Crippen LogP contribution in [0.3, 0.4) is 0 Å². The van der Waals surface area contributed by atoms with Crippen molar-refractivity contribution >= 4 is 11.9 Å². The first-order valence-electron chi connectivity index (χ1n) is 7.72. The fourth-order valence-electron chi connectivity index (χ4n) is 3.14. The summed E-state index contributed by atoms with van der Waals surface area (Å²) in [6, 6.07) is -0.501. The fourth-order valence-corrected chi connectivity index (χ4v) is 3.14. The topological polar surface area (TPSA) is 87.5 Å². The number of rotatable bonds is 3. The minimum atomic E-state index is -0.487. The average molecular weight is 282 g/mol. The first kappa shape index (κ1) is 15.1. The number of nitrogens with zero attached hydrogens (tertiary/aromatic N) is 1. The molecule has 6 nitrogen and oxygen atoms in total. The lowest BCUT2D eigenvalue weighted by Gasteiger charge is -2.35. The van der Waals surface area contributed by atoms with Gasteiger partial charge in [-0.2, -0.15) is 0 Å². The van der Waals surface area contributed by atoms with Gasteiger partial charge in [0.15, 0.2) is 0 Å². The van der Waals surface area contributed by atoms with Gasteiger partial charge >= 0.3 is 6.03 Å². The van der Waals surface area contributed by atoms with E-state index >= 15 is 0 Å². The molecule has 0 bridgehead atoms. The Kier molecular flexibility index (Phi) is 5.64. The molecule has 2 unspecified atom stereocenters. The van der Waals surface area contributed by atoms with Gasteiger partial charge < -0.3 is 21.3 Å². The smallest absolute Gasteiger partial charge is 0.312 e. The highest BCUT2D eigenvalue weighted by Gasteiger charge is 2.29. The Bertz CT molecular complexity index is 340. The van der Waals surface area contributed by atoms with E-state index in [9.17, 15) is 9.59 Å². The van der Waals surface area contributed by atoms with Gasteiger partial charge in [0.1, 0.15) is 0 Å². The van der Waals surface area contributed by atoms with E-state index in [1.165, 1.54) is 6.42 Å². The number of primary amides is 1. The number of nitrogens with two attached hydrogens (primary N) is 1. The van der Waals surface area contributed by atoms with Crippen molar-refractivity contribution in [2.45, 2.75) is 44.6 Å². The van der Waals surface area contributed by atoms with Crippen LogP contribution in [0.2, 0.25) is 0 Å². The minimum Gasteiger partial charge on any atom is -0.352 e. The van der Waals surface area contributed by atoms with Crippen LogP contribution in [-0.4, -0.2) is 49.1 Å². The molecular formula is C14H26N4O2. The highest BCUT2D eigenvalue weighted by atomic mass is 16.2. The predicted octanol–water partition coefficient (Wildman–Crippen LogP) is 0.426. The quantitative estimate of drug-likeness (QED) is 0.701. The van der Waals surface area contributed by atoms with E-state index in [4.69, 9.17) is 5.73 Å². The van der Waals surface area contributed by atoms with E-state index in [1.807, 2.05) is 4.90 Å². The molecule has 0 aromatic carbocycles. The Hall–Kier alpha value is -1.30. The zero-order valence-corrected chi connectivity index (χ0v) is 12.1. The molecule has 2 aliphatic heterocycles. The number of carbonyl (C=O) groups is 2. The van der Waals surface area contributed by atoms with Gasteiger partial charge in [0.2, 0.25) is 5.91 Å². The maximum absolute atomic E-state index is 12.5. The molecule has 0 aromatic heterocycles. The van der Waals surface area contributed by atoms with Crippen LogP contribution in [-0.2, 0) is 4.79 Å². The van der Waals surface area contributed by atoms with Crippen molar-refractivity contribution in [3.63, 3.8) is 0 Å². The Morgan fingerprint density at radius 1 is 1.20 bits per heavy atom. The Morgan fingerprint density at radius 3 is 2.85 bits per heavy atom. The number of carbonyl (C=O) groups excluding carboxylic acids is 2. The molecule has 4 N–H and O–H groups in total. The third kappa shape index (κ3) is 4.37. The Morgan fingerprint density at radius 2 is 2.05 bits per heavy atom. The van der Waals surface area contributed by atoms with Crippen LogP contribution in [0.4, 0.5) is 4.79 Å². The summed E-state index contributed by atoms with van der Waals surface area (Å²) < 4.78 is 0. The second-order valence-electron chi connectivity index (χ2n) is 5.89. The molecule has 0 saturated carbocycles. The Balaban J connectivity index is 1.83. The summed E-state index contributed by atoms with van der Waals surface area (Å²) in [6.45, 7) is 3.08. The largest absolute Gasteiger partial charge is 0.352 e. The molecule has 0 radical (unpaired) electrons. The van der Waals surface area contributed by atoms with Crippen LogP contribution in [0, 0.1) is 5.92 Å². The van der Waals surface area contributed by atoms with Gasteiger partial charge in [-0.15, -0.1) is 0 Å². The number of piperidine rings is 1. The van der Waals surface area contributed by atoms with Crippen LogP contribution in [0.25, 0.3) is 0 Å². The maximum atomic E-state index is 12.5. The third-order valence-corrected chi connectivity index (χ3v) is 4.25. The van der Waals surface area contributed by atoms with E-state index < -0.39 is 6.03 Å². The van der Waals surface area contributed by atoms with Crippen molar-refractivity contribution in [2.24, 2.45) is 11.7 Å². The molecule has 2 fully saturated rings. The van der Waals surface area contributed by atoms with E-state index in [-0.39, 0.29) is 11.9 Å². The molecule has 2 atom stereocenters. The molecule has 2 heterocycles. The first-order chi connectivity index (χ1) is 9.66. The zero-order chi connectivity index (χ0) is 14.4. The van der Waals surface area contributed by atoms with Crippen LogP contribution in [0.1, 0.15) is 38.5 Å². The second kappa shape index (κ2) is 7.47. The zero-order valence-electron chi connectivity index (χ0n) is 12.1. The number of nitrogens with one attached hydrogen (secondary N) is 2. The van der Waals surface area contributed by atoms with Gasteiger partial charge in [0.05, 0.1) is 6.04 Å². The number of hydrogen-bond donors (Lipinski definition) is 3. The van der Waals surface area contributed by atoms with Gasteiger partial charge in [-0.1, -0.05) is 12.8 Å². The van der Waals surface area contributed by atoms with Crippen molar-refractivity contribution in [1.29, 1.82) is 0 Å². The summed E-state index contributed by atoms with van der Waals surface area (Å²) in [7, 11) is 0. The van der Waals surface area contributed by atoms with E-state index in [2.05, 4.69) is 10.6 Å². The minimum absolute atomic E-state index is 0.0136. The summed E-state index contributed by atoms with van der Waals surface area (Å²) in [4.78, 5) is 25.3. The lowest BCUT2D eigenvalue weighted by atomic mass is 9.97. The highest BCUT2D eigenvalue weighted by molar-refractivity contribution is 5.82. The monoisotopic (exact) mass is 282 g/mol. The molecule has 0 aliphatic carbocycles. The van der Waals surface area contributed by atoms with E-state index in [0.717, 1.165) is 51.7 Å². The number of likely N-dealkylation sites (tertiary alicyclic amines) is 1. The third-order valence-electron chi connectivity index (χ3n) is 4.25. The molecule has 0 spiro atoms. The van der Waals surface area contributed by atoms with Gasteiger partial charge in [-0.05, 0) is 38.1 Å². The molecule has 2 aliphatic rings. The number of hydrogen-bond acceptors (Lipinski definition) is 3. The molecule has 114 valence electrons. The van der Waals surface area contributed by atoms with Crippen molar-refractivity contribution in [1.82, 2.24) is 15.5 Å². The summed E-state index contributed by atoms with van der Waals surface area (Å²) >= 11 is 0. The summed E-state index contributed by atoms with van der Waals surface area (Å²) in [5.74, 6) is 0.557. The second-order valence-corrected chi connectivity index (χ2v) is 5.89. The van der Waals surface area contributed by atoms with Gasteiger partial charge in [-0.25, -0.2) is 4.79 Å². The highest BCUT2D eigenvalue weighted by Crippen LogP contribution is 2.18. The van der Waals surface area contributed by atoms with Gasteiger partial charge in [0.25, 0.3) is 0 Å². The maximum Gasteiger partial charge on any atom is 0.312 e. The van der Waals surface area contributed by atoms with Crippen LogP contribution in [0.15, 0.2) is 0 Å². The van der Waals surface area contributed by atoms with E-state index in [1.54, 1.807) is 0 Å². The molecule has 2 rings (SSSR count). The van der Waals surface area contributed by atoms with Gasteiger partial charge in [0, 0.05) is 19.6 Å². The molecule has 2 saturated heterocycles. The van der Waals surface area contributed by atoms with Crippen molar-refractivity contribution in [3.8, 4) is 0 Å². The summed E-state index contributed by atoms with van der Waals surface area (Å²) in [5, 5.41) is 6.01. The Labute approximate surface area is 120 Å². The molecule has 6 heteroatoms. The SMILES string of the molecule is NC(=O)NCC1CCCN(C(=O)C2CCCCCN2)C1. The number of amides is 3. The fraction of sp³-hybridized carbons (Fsp3) is 0.857. The molecule has 20 heavy (non-hydrogen) atoms. The predicted molar refractivity (Wildman–Crippen MR) is 77.1 cm³/mol. The van der Waals surface area contributed by atoms with Crippen molar-refractivity contribution < 1.29 is 9.59 Å². The number of urea groups is 1. The van der Waals surface area contributed by atoms with E-state index in [0.29, 0.717) is 12.5 Å². The molecular weight excluding hydrogens is 256 g/mol. The van der Waals surface area contributed by atoms with Crippen LogP contribution < -0.4 is 16.4 Å².